The fourth-order valence-electron chi connectivity index (χ4n) is 2.27. The standard InChI is InChI=1S/C14H28N2O2/c1-3-5-10-18-14(17)12-15-11-13-6-8-16(4-2)9-7-13/h13,15H,3-12H2,1-2H3. The largest absolute Gasteiger partial charge is 0.465 e. The van der Waals surface area contributed by atoms with E-state index in [4.69, 9.17) is 4.74 Å². The number of rotatable bonds is 8. The summed E-state index contributed by atoms with van der Waals surface area (Å²) < 4.78 is 5.10. The van der Waals surface area contributed by atoms with E-state index < -0.39 is 0 Å². The average molecular weight is 256 g/mol. The van der Waals surface area contributed by atoms with Crippen LogP contribution in [0, 0.1) is 5.92 Å². The van der Waals surface area contributed by atoms with Crippen molar-refractivity contribution in [1.29, 1.82) is 0 Å². The molecular weight excluding hydrogens is 228 g/mol. The predicted molar refractivity (Wildman–Crippen MR) is 73.6 cm³/mol. The molecule has 0 bridgehead atoms. The first-order valence-electron chi connectivity index (χ1n) is 7.35. The molecule has 0 amide bonds. The smallest absolute Gasteiger partial charge is 0.319 e. The predicted octanol–water partition coefficient (Wildman–Crippen LogP) is 1.65. The van der Waals surface area contributed by atoms with Crippen molar-refractivity contribution in [3.8, 4) is 0 Å². The summed E-state index contributed by atoms with van der Waals surface area (Å²) in [6.07, 6.45) is 4.51. The van der Waals surface area contributed by atoms with Gasteiger partial charge in [-0.3, -0.25) is 4.79 Å². The van der Waals surface area contributed by atoms with Gasteiger partial charge in [0, 0.05) is 0 Å². The number of unbranched alkanes of at least 4 members (excludes halogenated alkanes) is 1. The van der Waals surface area contributed by atoms with E-state index in [2.05, 4.69) is 24.1 Å². The Morgan fingerprint density at radius 1 is 1.33 bits per heavy atom. The van der Waals surface area contributed by atoms with Gasteiger partial charge in [-0.1, -0.05) is 20.3 Å². The highest BCUT2D eigenvalue weighted by Crippen LogP contribution is 2.15. The zero-order valence-corrected chi connectivity index (χ0v) is 11.9. The minimum absolute atomic E-state index is 0.116. The Morgan fingerprint density at radius 2 is 2.06 bits per heavy atom. The highest BCUT2D eigenvalue weighted by atomic mass is 16.5. The maximum absolute atomic E-state index is 11.4. The molecule has 0 aromatic carbocycles. The van der Waals surface area contributed by atoms with Gasteiger partial charge in [-0.2, -0.15) is 0 Å². The fraction of sp³-hybridized carbons (Fsp3) is 0.929. The molecule has 1 heterocycles. The van der Waals surface area contributed by atoms with Gasteiger partial charge in [-0.25, -0.2) is 0 Å². The van der Waals surface area contributed by atoms with Gasteiger partial charge in [-0.05, 0) is 51.4 Å². The number of hydrogen-bond acceptors (Lipinski definition) is 4. The summed E-state index contributed by atoms with van der Waals surface area (Å²) in [4.78, 5) is 13.8. The van der Waals surface area contributed by atoms with Crippen LogP contribution in [0.3, 0.4) is 0 Å². The van der Waals surface area contributed by atoms with Gasteiger partial charge in [0.25, 0.3) is 0 Å². The molecule has 1 N–H and O–H groups in total. The van der Waals surface area contributed by atoms with Crippen molar-refractivity contribution in [3.63, 3.8) is 0 Å². The van der Waals surface area contributed by atoms with E-state index in [0.717, 1.165) is 31.8 Å². The van der Waals surface area contributed by atoms with Crippen LogP contribution in [0.5, 0.6) is 0 Å². The maximum atomic E-state index is 11.4. The number of hydrogen-bond donors (Lipinski definition) is 1. The summed E-state index contributed by atoms with van der Waals surface area (Å²) >= 11 is 0. The topological polar surface area (TPSA) is 41.6 Å². The zero-order chi connectivity index (χ0) is 13.2. The van der Waals surface area contributed by atoms with E-state index in [1.807, 2.05) is 0 Å². The van der Waals surface area contributed by atoms with E-state index in [1.54, 1.807) is 0 Å². The van der Waals surface area contributed by atoms with Crippen molar-refractivity contribution in [3.05, 3.63) is 0 Å². The minimum atomic E-state index is -0.116. The molecule has 4 nitrogen and oxygen atoms in total. The number of likely N-dealkylation sites (tertiary alicyclic amines) is 1. The molecular formula is C14H28N2O2. The van der Waals surface area contributed by atoms with Gasteiger partial charge in [-0.15, -0.1) is 0 Å². The number of ether oxygens (including phenoxy) is 1. The molecule has 1 rings (SSSR count). The molecule has 0 radical (unpaired) electrons. The summed E-state index contributed by atoms with van der Waals surface area (Å²) in [7, 11) is 0. The summed E-state index contributed by atoms with van der Waals surface area (Å²) in [5, 5.41) is 3.22. The van der Waals surface area contributed by atoms with E-state index in [0.29, 0.717) is 13.2 Å². The van der Waals surface area contributed by atoms with Crippen molar-refractivity contribution in [2.24, 2.45) is 5.92 Å². The van der Waals surface area contributed by atoms with Crippen LogP contribution >= 0.6 is 0 Å². The lowest BCUT2D eigenvalue weighted by Gasteiger charge is -2.31. The molecule has 1 fully saturated rings. The molecule has 1 saturated heterocycles. The summed E-state index contributed by atoms with van der Waals surface area (Å²) in [6, 6.07) is 0. The van der Waals surface area contributed by atoms with Crippen molar-refractivity contribution >= 4 is 5.97 Å². The van der Waals surface area contributed by atoms with Crippen LogP contribution in [0.15, 0.2) is 0 Å². The summed E-state index contributed by atoms with van der Waals surface area (Å²) in [6.45, 7) is 9.72. The Labute approximate surface area is 111 Å². The molecule has 0 atom stereocenters. The molecule has 1 aliphatic rings. The van der Waals surface area contributed by atoms with Crippen LogP contribution in [0.25, 0.3) is 0 Å². The van der Waals surface area contributed by atoms with E-state index in [-0.39, 0.29) is 5.97 Å². The third-order valence-corrected chi connectivity index (χ3v) is 3.62. The van der Waals surface area contributed by atoms with E-state index in [9.17, 15) is 4.79 Å². The molecule has 1 aliphatic heterocycles. The van der Waals surface area contributed by atoms with Crippen LogP contribution in [-0.2, 0) is 9.53 Å². The fourth-order valence-corrected chi connectivity index (χ4v) is 2.27. The highest BCUT2D eigenvalue weighted by molar-refractivity contribution is 5.71. The van der Waals surface area contributed by atoms with Crippen molar-refractivity contribution < 1.29 is 9.53 Å². The molecule has 4 heteroatoms. The number of carbonyl (C=O) groups excluding carboxylic acids is 1. The molecule has 0 unspecified atom stereocenters. The third kappa shape index (κ3) is 6.36. The molecule has 0 aromatic rings. The zero-order valence-electron chi connectivity index (χ0n) is 11.9. The second kappa shape index (κ2) is 9.34. The number of carbonyl (C=O) groups is 1. The van der Waals surface area contributed by atoms with Crippen molar-refractivity contribution in [2.75, 3.05) is 39.3 Å². The van der Waals surface area contributed by atoms with Crippen molar-refractivity contribution in [2.45, 2.75) is 39.5 Å². The Bertz CT molecular complexity index is 226. The van der Waals surface area contributed by atoms with Gasteiger partial charge in [0.15, 0.2) is 0 Å². The van der Waals surface area contributed by atoms with Crippen LogP contribution in [0.1, 0.15) is 39.5 Å². The Hall–Kier alpha value is -0.610. The lowest BCUT2D eigenvalue weighted by atomic mass is 9.97. The Kier molecular flexibility index (Phi) is 8.01. The first kappa shape index (κ1) is 15.4. The maximum Gasteiger partial charge on any atom is 0.319 e. The van der Waals surface area contributed by atoms with Crippen LogP contribution in [-0.4, -0.2) is 50.2 Å². The molecule has 0 saturated carbocycles. The van der Waals surface area contributed by atoms with Crippen LogP contribution in [0.4, 0.5) is 0 Å². The Balaban J connectivity index is 1.99. The summed E-state index contributed by atoms with van der Waals surface area (Å²) in [5.41, 5.74) is 0. The van der Waals surface area contributed by atoms with Gasteiger partial charge in [0.2, 0.25) is 0 Å². The normalized spacial score (nSPS) is 17.9. The molecule has 0 aliphatic carbocycles. The quantitative estimate of drug-likeness (QED) is 0.530. The molecule has 18 heavy (non-hydrogen) atoms. The van der Waals surface area contributed by atoms with Crippen LogP contribution in [0.2, 0.25) is 0 Å². The van der Waals surface area contributed by atoms with Gasteiger partial charge < -0.3 is 15.0 Å². The first-order valence-corrected chi connectivity index (χ1v) is 7.35. The molecule has 0 spiro atoms. The van der Waals surface area contributed by atoms with Crippen molar-refractivity contribution in [1.82, 2.24) is 10.2 Å². The second-order valence-corrected chi connectivity index (χ2v) is 5.08. The number of esters is 1. The lowest BCUT2D eigenvalue weighted by Crippen LogP contribution is -2.38. The van der Waals surface area contributed by atoms with Gasteiger partial charge >= 0.3 is 5.97 Å². The SMILES string of the molecule is CCCCOC(=O)CNCC1CCN(CC)CC1. The number of nitrogens with one attached hydrogen (secondary N) is 1. The van der Waals surface area contributed by atoms with E-state index >= 15 is 0 Å². The number of nitrogens with zero attached hydrogens (tertiary/aromatic N) is 1. The summed E-state index contributed by atoms with van der Waals surface area (Å²) in [5.74, 6) is 0.602. The Morgan fingerprint density at radius 3 is 2.67 bits per heavy atom. The van der Waals surface area contributed by atoms with Crippen LogP contribution < -0.4 is 5.32 Å². The lowest BCUT2D eigenvalue weighted by molar-refractivity contribution is -0.142. The highest BCUT2D eigenvalue weighted by Gasteiger charge is 2.17. The van der Waals surface area contributed by atoms with E-state index in [1.165, 1.54) is 25.9 Å². The first-order chi connectivity index (χ1) is 8.76. The number of piperidine rings is 1. The average Bonchev–Trinajstić information content (AvgIpc) is 2.40. The van der Waals surface area contributed by atoms with Gasteiger partial charge in [0.1, 0.15) is 0 Å². The third-order valence-electron chi connectivity index (χ3n) is 3.62. The monoisotopic (exact) mass is 256 g/mol. The molecule has 106 valence electrons. The van der Waals surface area contributed by atoms with Gasteiger partial charge in [0.05, 0.1) is 13.2 Å². The second-order valence-electron chi connectivity index (χ2n) is 5.08. The minimum Gasteiger partial charge on any atom is -0.465 e. The molecule has 0 aromatic heterocycles.